The molecule has 0 rings (SSSR count). The van der Waals surface area contributed by atoms with Crippen molar-refractivity contribution < 1.29 is 0 Å². The Bertz CT molecular complexity index is 196. The number of rotatable bonds is 3. The van der Waals surface area contributed by atoms with Crippen molar-refractivity contribution in [2.75, 3.05) is 7.05 Å². The Morgan fingerprint density at radius 1 is 1.45 bits per heavy atom. The van der Waals surface area contributed by atoms with Crippen LogP contribution in [0.5, 0.6) is 0 Å². The first-order chi connectivity index (χ1) is 5.11. The summed E-state index contributed by atoms with van der Waals surface area (Å²) in [7, 11) is 1.72. The van der Waals surface area contributed by atoms with Crippen LogP contribution < -0.4 is 0 Å². The average molecular weight is 152 g/mol. The first kappa shape index (κ1) is 10.1. The van der Waals surface area contributed by atoms with Crippen molar-refractivity contribution in [3.05, 3.63) is 11.6 Å². The van der Waals surface area contributed by atoms with Crippen LogP contribution in [0.1, 0.15) is 27.2 Å². The van der Waals surface area contributed by atoms with Crippen LogP contribution in [0.2, 0.25) is 0 Å². The Kier molecular flexibility index (Phi) is 4.42. The molecule has 0 amide bonds. The van der Waals surface area contributed by atoms with E-state index in [4.69, 9.17) is 5.41 Å². The predicted octanol–water partition coefficient (Wildman–Crippen LogP) is 2.45. The molecule has 0 fully saturated rings. The van der Waals surface area contributed by atoms with Crippen LogP contribution in [-0.2, 0) is 0 Å². The van der Waals surface area contributed by atoms with Crippen LogP contribution in [0, 0.1) is 5.41 Å². The summed E-state index contributed by atoms with van der Waals surface area (Å²) in [4.78, 5) is 4.01. The highest BCUT2D eigenvalue weighted by Crippen LogP contribution is 1.95. The average Bonchev–Trinajstić information content (AvgIpc) is 1.98. The highest BCUT2D eigenvalue weighted by atomic mass is 14.7. The van der Waals surface area contributed by atoms with Crippen LogP contribution >= 0.6 is 0 Å². The topological polar surface area (TPSA) is 36.2 Å². The Balaban J connectivity index is 4.45. The van der Waals surface area contributed by atoms with Crippen molar-refractivity contribution >= 4 is 11.4 Å². The molecule has 0 aromatic heterocycles. The number of aliphatic imine (C=N–C) groups is 1. The quantitative estimate of drug-likeness (QED) is 0.603. The Morgan fingerprint density at radius 3 is 2.27 bits per heavy atom. The van der Waals surface area contributed by atoms with Crippen LogP contribution in [0.25, 0.3) is 0 Å². The number of hydrogen-bond acceptors (Lipinski definition) is 2. The minimum atomic E-state index is 0.605. The molecule has 0 bridgehead atoms. The summed E-state index contributed by atoms with van der Waals surface area (Å²) in [6.07, 6.45) is 2.68. The zero-order chi connectivity index (χ0) is 8.85. The molecule has 0 aliphatic heterocycles. The van der Waals surface area contributed by atoms with Gasteiger partial charge < -0.3 is 5.41 Å². The molecule has 0 spiro atoms. The van der Waals surface area contributed by atoms with Crippen LogP contribution in [0.15, 0.2) is 16.6 Å². The SMILES string of the molecule is CCC(=N)C(C=C(C)C)=NC. The standard InChI is InChI=1S/C9H16N2/c1-5-8(10)9(11-4)6-7(2)3/h6,10H,5H2,1-4H3. The Hall–Kier alpha value is -0.920. The molecule has 0 aromatic carbocycles. The van der Waals surface area contributed by atoms with Gasteiger partial charge in [0.15, 0.2) is 0 Å². The summed E-state index contributed by atoms with van der Waals surface area (Å²) in [6, 6.07) is 0. The molecule has 0 heterocycles. The fourth-order valence-corrected chi connectivity index (χ4v) is 0.741. The van der Waals surface area contributed by atoms with Gasteiger partial charge in [-0.1, -0.05) is 12.5 Å². The maximum Gasteiger partial charge on any atom is 0.0777 e. The van der Waals surface area contributed by atoms with Crippen LogP contribution in [-0.4, -0.2) is 18.5 Å². The minimum absolute atomic E-state index is 0.605. The predicted molar refractivity (Wildman–Crippen MR) is 50.8 cm³/mol. The summed E-state index contributed by atoms with van der Waals surface area (Å²) >= 11 is 0. The second kappa shape index (κ2) is 4.83. The van der Waals surface area contributed by atoms with Gasteiger partial charge in [-0.05, 0) is 26.3 Å². The van der Waals surface area contributed by atoms with Gasteiger partial charge in [-0.15, -0.1) is 0 Å². The number of nitrogens with zero attached hydrogens (tertiary/aromatic N) is 1. The monoisotopic (exact) mass is 152 g/mol. The summed E-state index contributed by atoms with van der Waals surface area (Å²) < 4.78 is 0. The van der Waals surface area contributed by atoms with Gasteiger partial charge in [0.05, 0.1) is 11.4 Å². The molecule has 62 valence electrons. The van der Waals surface area contributed by atoms with Gasteiger partial charge in [0.1, 0.15) is 0 Å². The van der Waals surface area contributed by atoms with Crippen molar-refractivity contribution in [1.82, 2.24) is 0 Å². The summed E-state index contributed by atoms with van der Waals surface area (Å²) in [5.74, 6) is 0. The summed E-state index contributed by atoms with van der Waals surface area (Å²) in [6.45, 7) is 5.98. The molecule has 2 heteroatoms. The third-order valence-corrected chi connectivity index (χ3v) is 1.33. The maximum atomic E-state index is 7.51. The van der Waals surface area contributed by atoms with Gasteiger partial charge in [0.2, 0.25) is 0 Å². The summed E-state index contributed by atoms with van der Waals surface area (Å²) in [5.41, 5.74) is 2.59. The van der Waals surface area contributed by atoms with E-state index in [-0.39, 0.29) is 0 Å². The van der Waals surface area contributed by atoms with E-state index in [1.54, 1.807) is 7.05 Å². The molecule has 0 radical (unpaired) electrons. The van der Waals surface area contributed by atoms with Crippen molar-refractivity contribution in [3.63, 3.8) is 0 Å². The van der Waals surface area contributed by atoms with Gasteiger partial charge in [0.25, 0.3) is 0 Å². The molecule has 0 aromatic rings. The van der Waals surface area contributed by atoms with E-state index in [2.05, 4.69) is 4.99 Å². The van der Waals surface area contributed by atoms with Crippen LogP contribution in [0.4, 0.5) is 0 Å². The summed E-state index contributed by atoms with van der Waals surface area (Å²) in [5, 5.41) is 7.51. The van der Waals surface area contributed by atoms with Crippen molar-refractivity contribution in [2.24, 2.45) is 4.99 Å². The lowest BCUT2D eigenvalue weighted by atomic mass is 10.1. The molecule has 1 N–H and O–H groups in total. The first-order valence-corrected chi connectivity index (χ1v) is 3.81. The lowest BCUT2D eigenvalue weighted by molar-refractivity contribution is 1.26. The lowest BCUT2D eigenvalue weighted by Crippen LogP contribution is -2.08. The molecule has 0 aliphatic rings. The lowest BCUT2D eigenvalue weighted by Gasteiger charge is -1.99. The zero-order valence-corrected chi connectivity index (χ0v) is 7.73. The molecule has 2 nitrogen and oxygen atoms in total. The third kappa shape index (κ3) is 3.71. The smallest absolute Gasteiger partial charge is 0.0777 e. The van der Waals surface area contributed by atoms with E-state index in [9.17, 15) is 0 Å². The molecular weight excluding hydrogens is 136 g/mol. The van der Waals surface area contributed by atoms with Gasteiger partial charge in [-0.25, -0.2) is 0 Å². The highest BCUT2D eigenvalue weighted by Gasteiger charge is 1.98. The van der Waals surface area contributed by atoms with E-state index < -0.39 is 0 Å². The molecule has 0 unspecified atom stereocenters. The van der Waals surface area contributed by atoms with Crippen LogP contribution in [0.3, 0.4) is 0 Å². The number of allylic oxidation sites excluding steroid dienone is 2. The number of hydrogen-bond donors (Lipinski definition) is 1. The van der Waals surface area contributed by atoms with E-state index in [0.717, 1.165) is 12.1 Å². The van der Waals surface area contributed by atoms with Crippen molar-refractivity contribution in [3.8, 4) is 0 Å². The third-order valence-electron chi connectivity index (χ3n) is 1.33. The highest BCUT2D eigenvalue weighted by molar-refractivity contribution is 6.45. The van der Waals surface area contributed by atoms with Crippen molar-refractivity contribution in [1.29, 1.82) is 5.41 Å². The van der Waals surface area contributed by atoms with E-state index in [0.29, 0.717) is 5.71 Å². The van der Waals surface area contributed by atoms with Gasteiger partial charge >= 0.3 is 0 Å². The van der Waals surface area contributed by atoms with Gasteiger partial charge in [-0.3, -0.25) is 4.99 Å². The molecule has 0 saturated carbocycles. The molecule has 11 heavy (non-hydrogen) atoms. The normalized spacial score (nSPS) is 11.1. The Labute approximate surface area is 68.5 Å². The van der Waals surface area contributed by atoms with Crippen molar-refractivity contribution in [2.45, 2.75) is 27.2 Å². The number of nitrogens with one attached hydrogen (secondary N) is 1. The van der Waals surface area contributed by atoms with E-state index in [1.165, 1.54) is 5.57 Å². The second-order valence-corrected chi connectivity index (χ2v) is 2.66. The molecule has 0 atom stereocenters. The maximum absolute atomic E-state index is 7.51. The van der Waals surface area contributed by atoms with Gasteiger partial charge in [0, 0.05) is 7.05 Å². The first-order valence-electron chi connectivity index (χ1n) is 3.81. The van der Waals surface area contributed by atoms with E-state index in [1.807, 2.05) is 26.8 Å². The van der Waals surface area contributed by atoms with E-state index >= 15 is 0 Å². The molecular formula is C9H16N2. The fraction of sp³-hybridized carbons (Fsp3) is 0.556. The molecule has 0 saturated heterocycles. The van der Waals surface area contributed by atoms with Gasteiger partial charge in [-0.2, -0.15) is 0 Å². The Morgan fingerprint density at radius 2 is 2.00 bits per heavy atom. The molecule has 0 aliphatic carbocycles. The minimum Gasteiger partial charge on any atom is -0.303 e. The zero-order valence-electron chi connectivity index (χ0n) is 7.73. The largest absolute Gasteiger partial charge is 0.303 e. The fourth-order valence-electron chi connectivity index (χ4n) is 0.741. The second-order valence-electron chi connectivity index (χ2n) is 2.66.